The molecule has 0 radical (unpaired) electrons. The lowest BCUT2D eigenvalue weighted by Crippen LogP contribution is -2.39. The average molecular weight is 228 g/mol. The SMILES string of the molecule is O=C(O)C1(CCOC2CCCCO2)CCC1. The van der Waals surface area contributed by atoms with Crippen LogP contribution in [-0.4, -0.2) is 30.6 Å². The molecule has 4 heteroatoms. The van der Waals surface area contributed by atoms with Crippen molar-refractivity contribution in [1.29, 1.82) is 0 Å². The van der Waals surface area contributed by atoms with Crippen molar-refractivity contribution < 1.29 is 19.4 Å². The first-order valence-electron chi connectivity index (χ1n) is 6.20. The lowest BCUT2D eigenvalue weighted by molar-refractivity contribution is -0.175. The number of hydrogen-bond donors (Lipinski definition) is 1. The number of rotatable bonds is 5. The molecular weight excluding hydrogens is 208 g/mol. The van der Waals surface area contributed by atoms with Gasteiger partial charge in [-0.3, -0.25) is 4.79 Å². The lowest BCUT2D eigenvalue weighted by atomic mass is 9.67. The van der Waals surface area contributed by atoms with Gasteiger partial charge in [0.15, 0.2) is 6.29 Å². The summed E-state index contributed by atoms with van der Waals surface area (Å²) in [5.41, 5.74) is -0.491. The van der Waals surface area contributed by atoms with Crippen LogP contribution in [0.1, 0.15) is 44.9 Å². The van der Waals surface area contributed by atoms with Crippen molar-refractivity contribution in [1.82, 2.24) is 0 Å². The van der Waals surface area contributed by atoms with Gasteiger partial charge in [-0.25, -0.2) is 0 Å². The van der Waals surface area contributed by atoms with E-state index in [1.165, 1.54) is 0 Å². The van der Waals surface area contributed by atoms with Gasteiger partial charge in [0.05, 0.1) is 12.0 Å². The van der Waals surface area contributed by atoms with Gasteiger partial charge >= 0.3 is 5.97 Å². The fourth-order valence-electron chi connectivity index (χ4n) is 2.40. The third kappa shape index (κ3) is 2.55. The zero-order valence-electron chi connectivity index (χ0n) is 9.61. The summed E-state index contributed by atoms with van der Waals surface area (Å²) in [6, 6.07) is 0. The highest BCUT2D eigenvalue weighted by Gasteiger charge is 2.43. The molecule has 1 saturated heterocycles. The second-order valence-corrected chi connectivity index (χ2v) is 4.86. The Balaban J connectivity index is 1.68. The first-order chi connectivity index (χ1) is 7.73. The molecule has 1 N–H and O–H groups in total. The molecule has 0 aromatic heterocycles. The van der Waals surface area contributed by atoms with Crippen LogP contribution in [-0.2, 0) is 14.3 Å². The van der Waals surface area contributed by atoms with Gasteiger partial charge < -0.3 is 14.6 Å². The Morgan fingerprint density at radius 2 is 2.19 bits per heavy atom. The molecule has 0 spiro atoms. The summed E-state index contributed by atoms with van der Waals surface area (Å²) in [6.45, 7) is 1.28. The van der Waals surface area contributed by atoms with Gasteiger partial charge in [-0.15, -0.1) is 0 Å². The molecule has 1 aliphatic carbocycles. The Kier molecular flexibility index (Phi) is 3.82. The first-order valence-corrected chi connectivity index (χ1v) is 6.20. The summed E-state index contributed by atoms with van der Waals surface area (Å²) >= 11 is 0. The monoisotopic (exact) mass is 228 g/mol. The van der Waals surface area contributed by atoms with Gasteiger partial charge in [0, 0.05) is 6.61 Å². The van der Waals surface area contributed by atoms with Gasteiger partial charge in [0.25, 0.3) is 0 Å². The van der Waals surface area contributed by atoms with Crippen molar-refractivity contribution in [3.8, 4) is 0 Å². The fourth-order valence-corrected chi connectivity index (χ4v) is 2.40. The largest absolute Gasteiger partial charge is 0.481 e. The molecule has 1 atom stereocenters. The predicted octanol–water partition coefficient (Wildman–Crippen LogP) is 2.17. The van der Waals surface area contributed by atoms with E-state index >= 15 is 0 Å². The minimum Gasteiger partial charge on any atom is -0.481 e. The average Bonchev–Trinajstić information content (AvgIpc) is 2.23. The summed E-state index contributed by atoms with van der Waals surface area (Å²) in [5, 5.41) is 9.13. The van der Waals surface area contributed by atoms with E-state index in [-0.39, 0.29) is 6.29 Å². The molecule has 1 saturated carbocycles. The van der Waals surface area contributed by atoms with E-state index in [1.807, 2.05) is 0 Å². The van der Waals surface area contributed by atoms with Crippen LogP contribution in [0.4, 0.5) is 0 Å². The van der Waals surface area contributed by atoms with Crippen molar-refractivity contribution in [3.63, 3.8) is 0 Å². The van der Waals surface area contributed by atoms with Crippen LogP contribution in [0.3, 0.4) is 0 Å². The molecule has 0 aromatic carbocycles. The zero-order valence-corrected chi connectivity index (χ0v) is 9.61. The minimum absolute atomic E-state index is 0.0975. The van der Waals surface area contributed by atoms with Crippen LogP contribution in [0.5, 0.6) is 0 Å². The zero-order chi connectivity index (χ0) is 11.4. The maximum atomic E-state index is 11.1. The number of carbonyl (C=O) groups is 1. The second-order valence-electron chi connectivity index (χ2n) is 4.86. The van der Waals surface area contributed by atoms with Crippen molar-refractivity contribution >= 4 is 5.97 Å². The smallest absolute Gasteiger partial charge is 0.309 e. The molecular formula is C12H20O4. The van der Waals surface area contributed by atoms with Crippen LogP contribution in [0.15, 0.2) is 0 Å². The predicted molar refractivity (Wildman–Crippen MR) is 58.1 cm³/mol. The summed E-state index contributed by atoms with van der Waals surface area (Å²) in [6.07, 6.45) is 6.37. The highest BCUT2D eigenvalue weighted by Crippen LogP contribution is 2.44. The normalized spacial score (nSPS) is 28.4. The van der Waals surface area contributed by atoms with Crippen molar-refractivity contribution in [3.05, 3.63) is 0 Å². The minimum atomic E-state index is -0.660. The fraction of sp³-hybridized carbons (Fsp3) is 0.917. The summed E-state index contributed by atoms with van der Waals surface area (Å²) in [5.74, 6) is -0.660. The molecule has 92 valence electrons. The molecule has 1 heterocycles. The molecule has 1 aliphatic heterocycles. The summed E-state index contributed by atoms with van der Waals surface area (Å²) in [4.78, 5) is 11.1. The number of ether oxygens (including phenoxy) is 2. The van der Waals surface area contributed by atoms with E-state index in [4.69, 9.17) is 14.6 Å². The molecule has 2 rings (SSSR count). The second kappa shape index (κ2) is 5.15. The van der Waals surface area contributed by atoms with Crippen LogP contribution < -0.4 is 0 Å². The molecule has 1 unspecified atom stereocenters. The molecule has 0 amide bonds. The van der Waals surface area contributed by atoms with Gasteiger partial charge in [-0.1, -0.05) is 6.42 Å². The van der Waals surface area contributed by atoms with E-state index in [0.717, 1.165) is 45.1 Å². The molecule has 0 bridgehead atoms. The molecule has 2 aliphatic rings. The summed E-state index contributed by atoms with van der Waals surface area (Å²) in [7, 11) is 0. The number of aliphatic carboxylic acids is 1. The third-order valence-corrected chi connectivity index (χ3v) is 3.79. The van der Waals surface area contributed by atoms with Crippen molar-refractivity contribution in [2.45, 2.75) is 51.2 Å². The lowest BCUT2D eigenvalue weighted by Gasteiger charge is -2.38. The molecule has 0 aromatic rings. The van der Waals surface area contributed by atoms with Crippen molar-refractivity contribution in [2.24, 2.45) is 5.41 Å². The van der Waals surface area contributed by atoms with Crippen LogP contribution in [0.25, 0.3) is 0 Å². The molecule has 2 fully saturated rings. The standard InChI is InChI=1S/C12H20O4/c13-11(14)12(5-3-6-12)7-9-16-10-4-1-2-8-15-10/h10H,1-9H2,(H,13,14). The highest BCUT2D eigenvalue weighted by atomic mass is 16.7. The molecule has 4 nitrogen and oxygen atoms in total. The first kappa shape index (κ1) is 11.9. The number of hydrogen-bond acceptors (Lipinski definition) is 3. The Hall–Kier alpha value is -0.610. The van der Waals surface area contributed by atoms with E-state index in [9.17, 15) is 4.79 Å². The molecule has 16 heavy (non-hydrogen) atoms. The van der Waals surface area contributed by atoms with Gasteiger partial charge in [-0.2, -0.15) is 0 Å². The van der Waals surface area contributed by atoms with Gasteiger partial charge in [0.2, 0.25) is 0 Å². The number of carboxylic acid groups (broad SMARTS) is 1. The number of carboxylic acids is 1. The Morgan fingerprint density at radius 3 is 2.69 bits per heavy atom. The maximum Gasteiger partial charge on any atom is 0.309 e. The van der Waals surface area contributed by atoms with Gasteiger partial charge in [0.1, 0.15) is 0 Å². The maximum absolute atomic E-state index is 11.1. The Labute approximate surface area is 95.9 Å². The van der Waals surface area contributed by atoms with E-state index in [0.29, 0.717) is 13.0 Å². The Bertz CT molecular complexity index is 241. The summed E-state index contributed by atoms with van der Waals surface area (Å²) < 4.78 is 11.0. The van der Waals surface area contributed by atoms with Crippen molar-refractivity contribution in [2.75, 3.05) is 13.2 Å². The van der Waals surface area contributed by atoms with Crippen LogP contribution >= 0.6 is 0 Å². The van der Waals surface area contributed by atoms with Gasteiger partial charge in [-0.05, 0) is 38.5 Å². The third-order valence-electron chi connectivity index (χ3n) is 3.79. The van der Waals surface area contributed by atoms with Crippen LogP contribution in [0.2, 0.25) is 0 Å². The topological polar surface area (TPSA) is 55.8 Å². The van der Waals surface area contributed by atoms with Crippen LogP contribution in [0, 0.1) is 5.41 Å². The van der Waals surface area contributed by atoms with E-state index in [2.05, 4.69) is 0 Å². The van der Waals surface area contributed by atoms with E-state index in [1.54, 1.807) is 0 Å². The Morgan fingerprint density at radius 1 is 1.38 bits per heavy atom. The quantitative estimate of drug-likeness (QED) is 0.783. The highest BCUT2D eigenvalue weighted by molar-refractivity contribution is 5.75. The van der Waals surface area contributed by atoms with E-state index < -0.39 is 11.4 Å².